The van der Waals surface area contributed by atoms with Gasteiger partial charge in [-0.2, -0.15) is 5.10 Å². The molecule has 2 aromatic heterocycles. The second kappa shape index (κ2) is 8.30. The van der Waals surface area contributed by atoms with E-state index in [1.165, 1.54) is 23.0 Å². The minimum absolute atomic E-state index is 0.00915. The van der Waals surface area contributed by atoms with E-state index in [-0.39, 0.29) is 33.8 Å². The van der Waals surface area contributed by atoms with Crippen LogP contribution in [0.3, 0.4) is 0 Å². The number of hydrogen-bond acceptors (Lipinski definition) is 6. The third-order valence-corrected chi connectivity index (χ3v) is 5.54. The van der Waals surface area contributed by atoms with E-state index < -0.39 is 11.6 Å². The predicted molar refractivity (Wildman–Crippen MR) is 104 cm³/mol. The van der Waals surface area contributed by atoms with Crippen molar-refractivity contribution < 1.29 is 8.91 Å². The molecule has 0 bridgehead atoms. The molecule has 2 atom stereocenters. The summed E-state index contributed by atoms with van der Waals surface area (Å²) < 4.78 is 19.9. The summed E-state index contributed by atoms with van der Waals surface area (Å²) in [5.74, 6) is -1.07. The second-order valence-corrected chi connectivity index (χ2v) is 7.47. The lowest BCUT2D eigenvalue weighted by molar-refractivity contribution is 0.339. The van der Waals surface area contributed by atoms with Gasteiger partial charge in [0.2, 0.25) is 0 Å². The second-order valence-electron chi connectivity index (χ2n) is 7.06. The SMILES string of the molecule is O=c1[nH]c(-c2ccnn(C[C@@H]3CNCCC[C@H]3c3ccc(Cl)c(F)c3)c2=O)no1. The number of benzene rings is 1. The van der Waals surface area contributed by atoms with Gasteiger partial charge in [-0.3, -0.25) is 14.3 Å². The summed E-state index contributed by atoms with van der Waals surface area (Å²) in [5, 5.41) is 11.2. The van der Waals surface area contributed by atoms with Crippen molar-refractivity contribution in [2.75, 3.05) is 13.1 Å². The molecule has 0 saturated carbocycles. The van der Waals surface area contributed by atoms with E-state index >= 15 is 0 Å². The summed E-state index contributed by atoms with van der Waals surface area (Å²) in [4.78, 5) is 26.5. The molecule has 1 saturated heterocycles. The van der Waals surface area contributed by atoms with Gasteiger partial charge in [-0.1, -0.05) is 22.8 Å². The number of halogens is 2. The molecule has 152 valence electrons. The van der Waals surface area contributed by atoms with Crippen molar-refractivity contribution in [2.45, 2.75) is 25.3 Å². The molecule has 10 heteroatoms. The molecule has 0 amide bonds. The van der Waals surface area contributed by atoms with Crippen LogP contribution in [0, 0.1) is 11.7 Å². The number of nitrogens with one attached hydrogen (secondary N) is 2. The fourth-order valence-corrected chi connectivity index (χ4v) is 3.93. The van der Waals surface area contributed by atoms with Gasteiger partial charge in [-0.05, 0) is 55.0 Å². The van der Waals surface area contributed by atoms with E-state index in [0.29, 0.717) is 13.1 Å². The molecule has 0 spiro atoms. The smallest absolute Gasteiger partial charge is 0.316 e. The van der Waals surface area contributed by atoms with Gasteiger partial charge in [0.15, 0.2) is 5.82 Å². The highest BCUT2D eigenvalue weighted by Crippen LogP contribution is 2.33. The molecule has 4 rings (SSSR count). The van der Waals surface area contributed by atoms with Crippen LogP contribution in [0.15, 0.2) is 44.6 Å². The minimum Gasteiger partial charge on any atom is -0.316 e. The molecule has 2 N–H and O–H groups in total. The van der Waals surface area contributed by atoms with Crippen LogP contribution in [-0.2, 0) is 6.54 Å². The summed E-state index contributed by atoms with van der Waals surface area (Å²) >= 11 is 5.83. The number of nitrogens with zero attached hydrogens (tertiary/aromatic N) is 3. The highest BCUT2D eigenvalue weighted by molar-refractivity contribution is 6.30. The fraction of sp³-hybridized carbons (Fsp3) is 0.368. The molecule has 3 heterocycles. The van der Waals surface area contributed by atoms with Gasteiger partial charge in [-0.15, -0.1) is 0 Å². The van der Waals surface area contributed by atoms with Crippen molar-refractivity contribution in [1.29, 1.82) is 0 Å². The highest BCUT2D eigenvalue weighted by atomic mass is 35.5. The van der Waals surface area contributed by atoms with Gasteiger partial charge in [0, 0.05) is 19.3 Å². The standard InChI is InChI=1S/C19H19ClFN5O3/c20-15-4-3-11(8-16(15)21)13-2-1-6-22-9-12(13)10-26-18(27)14(5-7-23-26)17-24-19(28)29-25-17/h3-5,7-8,12-13,22H,1-2,6,9-10H2,(H,24,25,28)/t12-,13-/m0/s1. The summed E-state index contributed by atoms with van der Waals surface area (Å²) in [6.07, 6.45) is 3.27. The summed E-state index contributed by atoms with van der Waals surface area (Å²) in [6.45, 7) is 1.84. The van der Waals surface area contributed by atoms with Gasteiger partial charge in [-0.25, -0.2) is 13.9 Å². The van der Waals surface area contributed by atoms with E-state index in [4.69, 9.17) is 11.6 Å². The Labute approximate surface area is 169 Å². The Hall–Kier alpha value is -2.78. The molecule has 8 nitrogen and oxygen atoms in total. The summed E-state index contributed by atoms with van der Waals surface area (Å²) in [5.41, 5.74) is 0.662. The van der Waals surface area contributed by atoms with Crippen LogP contribution in [0.5, 0.6) is 0 Å². The van der Waals surface area contributed by atoms with Crippen molar-refractivity contribution in [1.82, 2.24) is 25.2 Å². The number of aromatic nitrogens is 4. The minimum atomic E-state index is -0.736. The summed E-state index contributed by atoms with van der Waals surface area (Å²) in [6, 6.07) is 6.34. The van der Waals surface area contributed by atoms with Crippen molar-refractivity contribution >= 4 is 11.6 Å². The monoisotopic (exact) mass is 419 g/mol. The lowest BCUT2D eigenvalue weighted by Crippen LogP contribution is -2.33. The van der Waals surface area contributed by atoms with Crippen molar-refractivity contribution in [2.24, 2.45) is 5.92 Å². The third-order valence-electron chi connectivity index (χ3n) is 5.23. The van der Waals surface area contributed by atoms with Gasteiger partial charge in [0.05, 0.1) is 10.6 Å². The molecule has 0 radical (unpaired) electrons. The van der Waals surface area contributed by atoms with Gasteiger partial charge in [0.1, 0.15) is 5.82 Å². The zero-order valence-electron chi connectivity index (χ0n) is 15.4. The summed E-state index contributed by atoms with van der Waals surface area (Å²) in [7, 11) is 0. The molecular formula is C19H19ClFN5O3. The number of hydrogen-bond donors (Lipinski definition) is 2. The van der Waals surface area contributed by atoms with E-state index in [2.05, 4.69) is 25.1 Å². The average Bonchev–Trinajstić information content (AvgIpc) is 3.00. The Morgan fingerprint density at radius 2 is 2.17 bits per heavy atom. The lowest BCUT2D eigenvalue weighted by atomic mass is 9.83. The zero-order valence-corrected chi connectivity index (χ0v) is 16.2. The van der Waals surface area contributed by atoms with Crippen molar-refractivity contribution in [3.8, 4) is 11.4 Å². The van der Waals surface area contributed by atoms with Gasteiger partial charge >= 0.3 is 5.76 Å². The van der Waals surface area contributed by atoms with Crippen molar-refractivity contribution in [3.63, 3.8) is 0 Å². The van der Waals surface area contributed by atoms with Gasteiger partial charge < -0.3 is 5.32 Å². The molecule has 29 heavy (non-hydrogen) atoms. The van der Waals surface area contributed by atoms with Gasteiger partial charge in [0.25, 0.3) is 5.56 Å². The van der Waals surface area contributed by atoms with Crippen LogP contribution in [-0.4, -0.2) is 33.0 Å². The molecule has 1 fully saturated rings. The third kappa shape index (κ3) is 4.15. The average molecular weight is 420 g/mol. The van der Waals surface area contributed by atoms with Crippen LogP contribution in [0.25, 0.3) is 11.4 Å². The maximum Gasteiger partial charge on any atom is 0.439 e. The largest absolute Gasteiger partial charge is 0.439 e. The first kappa shape index (κ1) is 19.5. The Morgan fingerprint density at radius 3 is 2.93 bits per heavy atom. The van der Waals surface area contributed by atoms with Crippen LogP contribution in [0.2, 0.25) is 5.02 Å². The Kier molecular flexibility index (Phi) is 5.59. The molecule has 1 aromatic carbocycles. The maximum atomic E-state index is 14.0. The van der Waals surface area contributed by atoms with Crippen molar-refractivity contribution in [3.05, 3.63) is 67.8 Å². The highest BCUT2D eigenvalue weighted by Gasteiger charge is 2.27. The fourth-order valence-electron chi connectivity index (χ4n) is 3.82. The Morgan fingerprint density at radius 1 is 1.31 bits per heavy atom. The molecule has 0 aliphatic carbocycles. The molecule has 3 aromatic rings. The quantitative estimate of drug-likeness (QED) is 0.671. The maximum absolute atomic E-state index is 14.0. The first-order chi connectivity index (χ1) is 14.0. The predicted octanol–water partition coefficient (Wildman–Crippen LogP) is 2.16. The Balaban J connectivity index is 1.66. The van der Waals surface area contributed by atoms with E-state index in [1.807, 2.05) is 6.07 Å². The lowest BCUT2D eigenvalue weighted by Gasteiger charge is -2.26. The molecular weight excluding hydrogens is 401 g/mol. The zero-order chi connectivity index (χ0) is 20.4. The topological polar surface area (TPSA) is 106 Å². The molecule has 1 aliphatic rings. The first-order valence-electron chi connectivity index (χ1n) is 9.31. The van der Waals surface area contributed by atoms with E-state index in [0.717, 1.165) is 24.9 Å². The van der Waals surface area contributed by atoms with E-state index in [9.17, 15) is 14.0 Å². The number of H-pyrrole nitrogens is 1. The number of rotatable bonds is 4. The Bertz CT molecular complexity index is 1130. The number of aromatic amines is 1. The van der Waals surface area contributed by atoms with Crippen LogP contribution in [0.1, 0.15) is 24.3 Å². The van der Waals surface area contributed by atoms with Crippen LogP contribution in [0.4, 0.5) is 4.39 Å². The van der Waals surface area contributed by atoms with Crippen LogP contribution < -0.4 is 16.6 Å². The normalized spacial score (nSPS) is 19.8. The van der Waals surface area contributed by atoms with E-state index in [1.54, 1.807) is 6.07 Å². The molecule has 1 aliphatic heterocycles. The molecule has 0 unspecified atom stereocenters. The van der Waals surface area contributed by atoms with Crippen LogP contribution >= 0.6 is 11.6 Å². The first-order valence-corrected chi connectivity index (χ1v) is 9.69.